The number of hydrogen-bond acceptors (Lipinski definition) is 1. The summed E-state index contributed by atoms with van der Waals surface area (Å²) >= 11 is 11.5. The summed E-state index contributed by atoms with van der Waals surface area (Å²) in [6.45, 7) is 0. The quantitative estimate of drug-likeness (QED) is 0.707. The van der Waals surface area contributed by atoms with Crippen molar-refractivity contribution in [3.63, 3.8) is 0 Å². The lowest BCUT2D eigenvalue weighted by Gasteiger charge is -2.02. The molecule has 13 heavy (non-hydrogen) atoms. The molecule has 1 rings (SSSR count). The predicted octanol–water partition coefficient (Wildman–Crippen LogP) is 3.38. The van der Waals surface area contributed by atoms with Gasteiger partial charge in [0.2, 0.25) is 0 Å². The Balaban J connectivity index is 2.85. The van der Waals surface area contributed by atoms with E-state index in [1.165, 1.54) is 0 Å². The summed E-state index contributed by atoms with van der Waals surface area (Å²) in [5.41, 5.74) is 1.65. The van der Waals surface area contributed by atoms with E-state index in [4.69, 9.17) is 28.5 Å². The maximum Gasteiger partial charge on any atom is 0.0991 e. The first-order valence-electron chi connectivity index (χ1n) is 4.02. The van der Waals surface area contributed by atoms with E-state index in [-0.39, 0.29) is 0 Å². The summed E-state index contributed by atoms with van der Waals surface area (Å²) in [7, 11) is 0. The largest absolute Gasteiger partial charge is 0.192 e. The van der Waals surface area contributed by atoms with Crippen LogP contribution < -0.4 is 0 Å². The number of nitriles is 1. The molecule has 1 aromatic rings. The highest BCUT2D eigenvalue weighted by molar-refractivity contribution is 6.31. The van der Waals surface area contributed by atoms with Gasteiger partial charge >= 0.3 is 0 Å². The van der Waals surface area contributed by atoms with E-state index in [1.54, 1.807) is 12.1 Å². The molecule has 0 N–H and O–H groups in total. The standard InChI is InChI=1S/C10H9Cl2N/c11-5-1-2-9-6-8(7-13)3-4-10(9)12/h3-4,6H,1-2,5H2. The lowest BCUT2D eigenvalue weighted by molar-refractivity contribution is 0.928. The highest BCUT2D eigenvalue weighted by Gasteiger charge is 2.01. The summed E-state index contributed by atoms with van der Waals surface area (Å²) in [6.07, 6.45) is 1.72. The summed E-state index contributed by atoms with van der Waals surface area (Å²) in [4.78, 5) is 0. The number of halogens is 2. The Morgan fingerprint density at radius 1 is 1.38 bits per heavy atom. The molecule has 0 aromatic heterocycles. The van der Waals surface area contributed by atoms with Crippen molar-refractivity contribution < 1.29 is 0 Å². The Morgan fingerprint density at radius 3 is 2.77 bits per heavy atom. The normalized spacial score (nSPS) is 9.62. The van der Waals surface area contributed by atoms with Gasteiger partial charge in [0.15, 0.2) is 0 Å². The molecule has 1 nitrogen and oxygen atoms in total. The van der Waals surface area contributed by atoms with E-state index >= 15 is 0 Å². The van der Waals surface area contributed by atoms with E-state index in [0.29, 0.717) is 16.5 Å². The van der Waals surface area contributed by atoms with Gasteiger partial charge in [0, 0.05) is 10.9 Å². The van der Waals surface area contributed by atoms with Crippen LogP contribution in [0.2, 0.25) is 5.02 Å². The Kier molecular flexibility index (Phi) is 4.08. The van der Waals surface area contributed by atoms with Gasteiger partial charge in [-0.15, -0.1) is 11.6 Å². The van der Waals surface area contributed by atoms with Gasteiger partial charge in [-0.1, -0.05) is 11.6 Å². The van der Waals surface area contributed by atoms with Crippen LogP contribution in [-0.2, 0) is 6.42 Å². The van der Waals surface area contributed by atoms with Crippen LogP contribution in [0.3, 0.4) is 0 Å². The highest BCUT2D eigenvalue weighted by Crippen LogP contribution is 2.18. The van der Waals surface area contributed by atoms with Gasteiger partial charge in [0.05, 0.1) is 11.6 Å². The van der Waals surface area contributed by atoms with Gasteiger partial charge in [-0.3, -0.25) is 0 Å². The second-order valence-electron chi connectivity index (χ2n) is 2.71. The van der Waals surface area contributed by atoms with Crippen molar-refractivity contribution in [3.8, 4) is 6.07 Å². The molecule has 0 amide bonds. The molecule has 0 spiro atoms. The summed E-state index contributed by atoms with van der Waals surface area (Å²) in [6, 6.07) is 7.36. The molecule has 1 aromatic carbocycles. The van der Waals surface area contributed by atoms with Crippen LogP contribution in [0.4, 0.5) is 0 Å². The van der Waals surface area contributed by atoms with Crippen LogP contribution in [0, 0.1) is 11.3 Å². The molecule has 0 saturated heterocycles. The lowest BCUT2D eigenvalue weighted by atomic mass is 10.1. The fourth-order valence-corrected chi connectivity index (χ4v) is 1.44. The second-order valence-corrected chi connectivity index (χ2v) is 3.50. The van der Waals surface area contributed by atoms with Crippen LogP contribution in [0.5, 0.6) is 0 Å². The SMILES string of the molecule is N#Cc1ccc(Cl)c(CCCCl)c1. The average molecular weight is 214 g/mol. The summed E-state index contributed by atoms with van der Waals surface area (Å²) < 4.78 is 0. The molecule has 0 radical (unpaired) electrons. The molecule has 0 fully saturated rings. The van der Waals surface area contributed by atoms with Crippen molar-refractivity contribution in [1.82, 2.24) is 0 Å². The molecule has 0 aliphatic heterocycles. The number of rotatable bonds is 3. The van der Waals surface area contributed by atoms with Gasteiger partial charge in [-0.2, -0.15) is 5.26 Å². The van der Waals surface area contributed by atoms with E-state index in [9.17, 15) is 0 Å². The predicted molar refractivity (Wildman–Crippen MR) is 55.2 cm³/mol. The monoisotopic (exact) mass is 213 g/mol. The molecule has 0 heterocycles. The third-order valence-corrected chi connectivity index (χ3v) is 2.39. The van der Waals surface area contributed by atoms with Crippen molar-refractivity contribution in [2.24, 2.45) is 0 Å². The van der Waals surface area contributed by atoms with Crippen LogP contribution in [-0.4, -0.2) is 5.88 Å². The van der Waals surface area contributed by atoms with Gasteiger partial charge < -0.3 is 0 Å². The zero-order chi connectivity index (χ0) is 9.68. The third-order valence-electron chi connectivity index (χ3n) is 1.75. The minimum Gasteiger partial charge on any atom is -0.192 e. The van der Waals surface area contributed by atoms with Crippen LogP contribution in [0.1, 0.15) is 17.5 Å². The average Bonchev–Trinajstić information content (AvgIpc) is 2.17. The van der Waals surface area contributed by atoms with Crippen molar-refractivity contribution in [1.29, 1.82) is 5.26 Å². The summed E-state index contributed by atoms with van der Waals surface area (Å²) in [5, 5.41) is 9.37. The van der Waals surface area contributed by atoms with E-state index in [2.05, 4.69) is 6.07 Å². The van der Waals surface area contributed by atoms with E-state index < -0.39 is 0 Å². The van der Waals surface area contributed by atoms with Gasteiger partial charge in [0.25, 0.3) is 0 Å². The Hall–Kier alpha value is -0.710. The number of aryl methyl sites for hydroxylation is 1. The maximum absolute atomic E-state index is 8.66. The number of hydrogen-bond donors (Lipinski definition) is 0. The van der Waals surface area contributed by atoms with Gasteiger partial charge in [-0.25, -0.2) is 0 Å². The minimum atomic E-state index is 0.618. The van der Waals surface area contributed by atoms with E-state index in [1.807, 2.05) is 6.07 Å². The Bertz CT molecular complexity index is 328. The van der Waals surface area contributed by atoms with Crippen molar-refractivity contribution in [3.05, 3.63) is 34.3 Å². The first kappa shape index (κ1) is 10.4. The molecular weight excluding hydrogens is 205 g/mol. The molecule has 0 saturated carbocycles. The van der Waals surface area contributed by atoms with Crippen molar-refractivity contribution >= 4 is 23.2 Å². The fourth-order valence-electron chi connectivity index (χ4n) is 1.09. The molecule has 0 aliphatic carbocycles. The molecule has 68 valence electrons. The van der Waals surface area contributed by atoms with Crippen molar-refractivity contribution in [2.75, 3.05) is 5.88 Å². The van der Waals surface area contributed by atoms with Gasteiger partial charge in [-0.05, 0) is 36.6 Å². The minimum absolute atomic E-state index is 0.618. The first-order valence-corrected chi connectivity index (χ1v) is 4.93. The smallest absolute Gasteiger partial charge is 0.0991 e. The molecule has 0 aliphatic rings. The van der Waals surface area contributed by atoms with Crippen LogP contribution in [0.15, 0.2) is 18.2 Å². The van der Waals surface area contributed by atoms with Crippen LogP contribution >= 0.6 is 23.2 Å². The van der Waals surface area contributed by atoms with Gasteiger partial charge in [0.1, 0.15) is 0 Å². The topological polar surface area (TPSA) is 23.8 Å². The number of alkyl halides is 1. The Morgan fingerprint density at radius 2 is 2.15 bits per heavy atom. The summed E-state index contributed by atoms with van der Waals surface area (Å²) in [5.74, 6) is 0.618. The molecule has 0 atom stereocenters. The third kappa shape index (κ3) is 2.91. The van der Waals surface area contributed by atoms with Crippen molar-refractivity contribution in [2.45, 2.75) is 12.8 Å². The zero-order valence-electron chi connectivity index (χ0n) is 7.06. The molecule has 0 unspecified atom stereocenters. The zero-order valence-corrected chi connectivity index (χ0v) is 8.57. The lowest BCUT2D eigenvalue weighted by Crippen LogP contribution is -1.89. The van der Waals surface area contributed by atoms with E-state index in [0.717, 1.165) is 18.4 Å². The number of benzene rings is 1. The number of nitrogens with zero attached hydrogens (tertiary/aromatic N) is 1. The molecule has 3 heteroatoms. The first-order chi connectivity index (χ1) is 6.27. The highest BCUT2D eigenvalue weighted by atomic mass is 35.5. The second kappa shape index (κ2) is 5.11. The molecule has 0 bridgehead atoms. The molecular formula is C10H9Cl2N. The Labute approximate surface area is 87.9 Å². The fraction of sp³-hybridized carbons (Fsp3) is 0.300. The maximum atomic E-state index is 8.66. The van der Waals surface area contributed by atoms with Crippen LogP contribution in [0.25, 0.3) is 0 Å².